The van der Waals surface area contributed by atoms with Gasteiger partial charge in [0.15, 0.2) is 0 Å². The number of carbonyl (C=O) groups excluding carboxylic acids is 2. The predicted octanol–water partition coefficient (Wildman–Crippen LogP) is 3.26. The highest BCUT2D eigenvalue weighted by Gasteiger charge is 2.23. The molecule has 2 aromatic rings. The van der Waals surface area contributed by atoms with E-state index in [1.807, 2.05) is 88.4 Å². The third-order valence-corrected chi connectivity index (χ3v) is 6.17. The van der Waals surface area contributed by atoms with Crippen LogP contribution in [0.5, 0.6) is 0 Å². The minimum absolute atomic E-state index is 0. The minimum atomic E-state index is -0.559. The summed E-state index contributed by atoms with van der Waals surface area (Å²) in [5.74, 6) is -0.202. The summed E-state index contributed by atoms with van der Waals surface area (Å²) in [6.07, 6.45) is 1.36. The van der Waals surface area contributed by atoms with Crippen molar-refractivity contribution >= 4 is 49.0 Å². The van der Waals surface area contributed by atoms with E-state index in [4.69, 9.17) is 11.5 Å². The van der Waals surface area contributed by atoms with Crippen molar-refractivity contribution in [2.24, 2.45) is 23.3 Å². The number of halogens is 3. The van der Waals surface area contributed by atoms with Crippen LogP contribution >= 0.6 is 37.2 Å². The Kier molecular flexibility index (Phi) is 20.2. The van der Waals surface area contributed by atoms with Gasteiger partial charge in [-0.2, -0.15) is 0 Å². The Labute approximate surface area is 246 Å². The lowest BCUT2D eigenvalue weighted by molar-refractivity contribution is -0.124. The van der Waals surface area contributed by atoms with Gasteiger partial charge in [-0.1, -0.05) is 88.4 Å². The van der Waals surface area contributed by atoms with E-state index in [0.717, 1.165) is 11.1 Å². The Morgan fingerprint density at radius 3 is 1.24 bits per heavy atom. The Bertz CT molecular complexity index is 830. The number of carbonyl (C=O) groups is 2. The molecule has 0 aliphatic heterocycles. The largest absolute Gasteiger partial charge is 0.350 e. The molecule has 7 nitrogen and oxygen atoms in total. The summed E-state index contributed by atoms with van der Waals surface area (Å²) >= 11 is 0. The van der Waals surface area contributed by atoms with Gasteiger partial charge in [0.05, 0.1) is 12.1 Å². The highest BCUT2D eigenvalue weighted by Crippen LogP contribution is 2.07. The highest BCUT2D eigenvalue weighted by molar-refractivity contribution is 5.86. The van der Waals surface area contributed by atoms with Gasteiger partial charge in [0.2, 0.25) is 11.8 Å². The number of hydrogen-bond donors (Lipinski definition) is 5. The fraction of sp³-hybridized carbons (Fsp3) is 0.500. The van der Waals surface area contributed by atoms with Crippen molar-refractivity contribution in [1.82, 2.24) is 16.0 Å². The lowest BCUT2D eigenvalue weighted by Crippen LogP contribution is -2.54. The molecule has 0 unspecified atom stereocenters. The summed E-state index contributed by atoms with van der Waals surface area (Å²) in [4.78, 5) is 25.3. The zero-order valence-electron chi connectivity index (χ0n) is 22.8. The third-order valence-electron chi connectivity index (χ3n) is 6.17. The van der Waals surface area contributed by atoms with Crippen LogP contribution < -0.4 is 27.4 Å². The summed E-state index contributed by atoms with van der Waals surface area (Å²) in [5, 5.41) is 9.68. The Hall–Kier alpha value is -1.87. The van der Waals surface area contributed by atoms with Crippen LogP contribution in [0.25, 0.3) is 0 Å². The molecule has 0 bridgehead atoms. The second-order valence-electron chi connectivity index (χ2n) is 9.99. The molecule has 216 valence electrons. The van der Waals surface area contributed by atoms with Crippen LogP contribution in [0.1, 0.15) is 38.8 Å². The molecule has 0 saturated carbocycles. The van der Waals surface area contributed by atoms with Gasteiger partial charge in [0, 0.05) is 25.2 Å². The van der Waals surface area contributed by atoms with Gasteiger partial charge in [-0.25, -0.2) is 0 Å². The number of nitrogens with one attached hydrogen (secondary N) is 3. The Morgan fingerprint density at radius 2 is 0.947 bits per heavy atom. The zero-order valence-corrected chi connectivity index (χ0v) is 25.2. The molecule has 4 atom stereocenters. The van der Waals surface area contributed by atoms with Crippen LogP contribution in [-0.4, -0.2) is 49.1 Å². The molecule has 0 aliphatic carbocycles. The van der Waals surface area contributed by atoms with E-state index >= 15 is 0 Å². The maximum atomic E-state index is 12.7. The van der Waals surface area contributed by atoms with Gasteiger partial charge < -0.3 is 27.4 Å². The van der Waals surface area contributed by atoms with E-state index in [1.165, 1.54) is 0 Å². The van der Waals surface area contributed by atoms with Gasteiger partial charge in [-0.15, -0.1) is 37.2 Å². The van der Waals surface area contributed by atoms with E-state index in [0.29, 0.717) is 25.9 Å². The number of rotatable bonds is 14. The molecule has 38 heavy (non-hydrogen) atoms. The number of nitrogens with two attached hydrogens (primary N) is 2. The molecule has 0 saturated heterocycles. The van der Waals surface area contributed by atoms with Crippen LogP contribution in [0, 0.1) is 11.8 Å². The molecule has 0 fully saturated rings. The maximum Gasteiger partial charge on any atom is 0.237 e. The Balaban J connectivity index is 0. The number of hydrogen-bond acceptors (Lipinski definition) is 5. The van der Waals surface area contributed by atoms with Crippen molar-refractivity contribution in [3.63, 3.8) is 0 Å². The van der Waals surface area contributed by atoms with E-state index in [2.05, 4.69) is 16.0 Å². The summed E-state index contributed by atoms with van der Waals surface area (Å²) in [6.45, 7) is 8.84. The fourth-order valence-electron chi connectivity index (χ4n) is 3.78. The standard InChI is InChI=1S/C28H43N5O2.3ClH/c1-19(2)25(29)27(34)32-23(15-21-11-7-5-8-12-21)17-31-18-24(16-22-13-9-6-10-14-22)33-28(35)26(30)20(3)4;;;/h5-14,19-20,23-26,31H,15-18,29-30H2,1-4H3,(H,32,34)(H,33,35);3*1H/t23-,24-,25-,26-;;;/m0.../s1. The highest BCUT2D eigenvalue weighted by atomic mass is 35.5. The summed E-state index contributed by atoms with van der Waals surface area (Å²) in [7, 11) is 0. The molecule has 7 N–H and O–H groups in total. The van der Waals surface area contributed by atoms with Crippen molar-refractivity contribution in [2.75, 3.05) is 13.1 Å². The van der Waals surface area contributed by atoms with Crippen LogP contribution in [0.15, 0.2) is 60.7 Å². The summed E-state index contributed by atoms with van der Waals surface area (Å²) < 4.78 is 0. The fourth-order valence-corrected chi connectivity index (χ4v) is 3.78. The second-order valence-corrected chi connectivity index (χ2v) is 9.99. The van der Waals surface area contributed by atoms with Crippen molar-refractivity contribution in [3.8, 4) is 0 Å². The topological polar surface area (TPSA) is 122 Å². The van der Waals surface area contributed by atoms with E-state index < -0.39 is 12.1 Å². The predicted molar refractivity (Wildman–Crippen MR) is 164 cm³/mol. The molecule has 0 aliphatic rings. The van der Waals surface area contributed by atoms with Gasteiger partial charge in [-0.3, -0.25) is 9.59 Å². The van der Waals surface area contributed by atoms with Crippen LogP contribution in [0.3, 0.4) is 0 Å². The van der Waals surface area contributed by atoms with Crippen molar-refractivity contribution < 1.29 is 9.59 Å². The Morgan fingerprint density at radius 1 is 0.632 bits per heavy atom. The van der Waals surface area contributed by atoms with E-state index in [1.54, 1.807) is 0 Å². The molecule has 2 aromatic carbocycles. The first-order valence-corrected chi connectivity index (χ1v) is 12.6. The lowest BCUT2D eigenvalue weighted by Gasteiger charge is -2.26. The molecule has 2 rings (SSSR count). The quantitative estimate of drug-likeness (QED) is 0.231. The summed E-state index contributed by atoms with van der Waals surface area (Å²) in [6, 6.07) is 18.7. The molecule has 10 heteroatoms. The first kappa shape index (κ1) is 38.3. The van der Waals surface area contributed by atoms with Crippen molar-refractivity contribution in [3.05, 3.63) is 71.8 Å². The number of amides is 2. The van der Waals surface area contributed by atoms with Crippen molar-refractivity contribution in [1.29, 1.82) is 0 Å². The molecule has 0 heterocycles. The molecule has 0 radical (unpaired) electrons. The summed E-state index contributed by atoms with van der Waals surface area (Å²) in [5.41, 5.74) is 14.4. The van der Waals surface area contributed by atoms with Gasteiger partial charge in [-0.05, 0) is 35.8 Å². The zero-order chi connectivity index (χ0) is 25.8. The van der Waals surface area contributed by atoms with Crippen LogP contribution in [-0.2, 0) is 22.4 Å². The average Bonchev–Trinajstić information content (AvgIpc) is 2.83. The van der Waals surface area contributed by atoms with Crippen LogP contribution in [0.2, 0.25) is 0 Å². The first-order chi connectivity index (χ1) is 16.7. The SMILES string of the molecule is CC(C)[C@H](N)C(=O)N[C@H](CNC[C@H](Cc1ccccc1)NC(=O)[C@@H](N)C(C)C)Cc1ccccc1.Cl.Cl.Cl. The normalized spacial score (nSPS) is 13.7. The monoisotopic (exact) mass is 589 g/mol. The third kappa shape index (κ3) is 13.8. The molecule has 0 spiro atoms. The van der Waals surface area contributed by atoms with E-state index in [9.17, 15) is 9.59 Å². The lowest BCUT2D eigenvalue weighted by atomic mass is 10.0. The minimum Gasteiger partial charge on any atom is -0.350 e. The molecular weight excluding hydrogens is 545 g/mol. The first-order valence-electron chi connectivity index (χ1n) is 12.6. The van der Waals surface area contributed by atoms with Gasteiger partial charge >= 0.3 is 0 Å². The molecular formula is C28H46Cl3N5O2. The van der Waals surface area contributed by atoms with E-state index in [-0.39, 0.29) is 73.0 Å². The average molecular weight is 591 g/mol. The smallest absolute Gasteiger partial charge is 0.237 e. The van der Waals surface area contributed by atoms with Gasteiger partial charge in [0.1, 0.15) is 0 Å². The maximum absolute atomic E-state index is 12.7. The van der Waals surface area contributed by atoms with Crippen LogP contribution in [0.4, 0.5) is 0 Å². The van der Waals surface area contributed by atoms with Gasteiger partial charge in [0.25, 0.3) is 0 Å². The second kappa shape index (κ2) is 20.1. The molecule has 0 aromatic heterocycles. The molecule has 2 amide bonds. The van der Waals surface area contributed by atoms with Crippen molar-refractivity contribution in [2.45, 2.75) is 64.7 Å². The number of benzene rings is 2.